The molecule has 0 spiro atoms. The predicted molar refractivity (Wildman–Crippen MR) is 59.7 cm³/mol. The zero-order valence-corrected chi connectivity index (χ0v) is 11.3. The highest BCUT2D eigenvalue weighted by molar-refractivity contribution is 6.65. The van der Waals surface area contributed by atoms with E-state index in [4.69, 9.17) is 18.3 Å². The van der Waals surface area contributed by atoms with E-state index in [0.717, 1.165) is 12.5 Å². The van der Waals surface area contributed by atoms with Gasteiger partial charge in [-0.05, 0) is 25.9 Å². The molecule has 5 heteroatoms. The first-order chi connectivity index (χ1) is 6.97. The van der Waals surface area contributed by atoms with E-state index in [1.54, 1.807) is 7.11 Å². The van der Waals surface area contributed by atoms with Gasteiger partial charge in [0, 0.05) is 7.11 Å². The summed E-state index contributed by atoms with van der Waals surface area (Å²) in [5, 5.41) is 0. The van der Waals surface area contributed by atoms with Crippen molar-refractivity contribution >= 4 is 8.56 Å². The zero-order valence-electron chi connectivity index (χ0n) is 10.3. The SMILES string of the molecule is CCC1OC(C)(CO[Si](C)(CC)OC)O1. The first-order valence-corrected chi connectivity index (χ1v) is 8.04. The lowest BCUT2D eigenvalue weighted by Crippen LogP contribution is -2.56. The molecule has 0 bridgehead atoms. The Bertz CT molecular complexity index is 200. The number of rotatable bonds is 6. The van der Waals surface area contributed by atoms with Crippen LogP contribution in [0.5, 0.6) is 0 Å². The van der Waals surface area contributed by atoms with Gasteiger partial charge in [0.25, 0.3) is 0 Å². The molecule has 1 heterocycles. The van der Waals surface area contributed by atoms with E-state index in [2.05, 4.69) is 6.92 Å². The topological polar surface area (TPSA) is 36.9 Å². The maximum absolute atomic E-state index is 5.79. The minimum absolute atomic E-state index is 0.0595. The average molecular weight is 234 g/mol. The van der Waals surface area contributed by atoms with Crippen molar-refractivity contribution in [3.63, 3.8) is 0 Å². The van der Waals surface area contributed by atoms with Crippen LogP contribution in [0.15, 0.2) is 0 Å². The molecular formula is C10H22O4Si. The Morgan fingerprint density at radius 3 is 2.33 bits per heavy atom. The van der Waals surface area contributed by atoms with Crippen molar-refractivity contribution in [1.29, 1.82) is 0 Å². The van der Waals surface area contributed by atoms with Gasteiger partial charge in [0.05, 0.1) is 6.61 Å². The largest absolute Gasteiger partial charge is 0.398 e. The van der Waals surface area contributed by atoms with Gasteiger partial charge in [-0.2, -0.15) is 0 Å². The summed E-state index contributed by atoms with van der Waals surface area (Å²) in [5.41, 5.74) is 0. The van der Waals surface area contributed by atoms with Crippen LogP contribution in [0.4, 0.5) is 0 Å². The van der Waals surface area contributed by atoms with Gasteiger partial charge in [0.2, 0.25) is 0 Å². The summed E-state index contributed by atoms with van der Waals surface area (Å²) in [5.74, 6) is -0.567. The molecule has 1 fully saturated rings. The molecule has 0 aliphatic carbocycles. The highest BCUT2D eigenvalue weighted by Crippen LogP contribution is 2.31. The fraction of sp³-hybridized carbons (Fsp3) is 1.00. The van der Waals surface area contributed by atoms with Crippen molar-refractivity contribution in [3.8, 4) is 0 Å². The van der Waals surface area contributed by atoms with Gasteiger partial charge in [-0.1, -0.05) is 13.8 Å². The lowest BCUT2D eigenvalue weighted by Gasteiger charge is -2.45. The van der Waals surface area contributed by atoms with Crippen LogP contribution in [0.25, 0.3) is 0 Å². The van der Waals surface area contributed by atoms with Crippen LogP contribution in [-0.2, 0) is 18.3 Å². The summed E-state index contributed by atoms with van der Waals surface area (Å²) in [4.78, 5) is 0. The smallest absolute Gasteiger partial charge is 0.334 e. The summed E-state index contributed by atoms with van der Waals surface area (Å²) in [6.07, 6.45) is 0.818. The lowest BCUT2D eigenvalue weighted by atomic mass is 10.3. The fourth-order valence-corrected chi connectivity index (χ4v) is 2.57. The van der Waals surface area contributed by atoms with Crippen molar-refractivity contribution in [1.82, 2.24) is 0 Å². The van der Waals surface area contributed by atoms with Gasteiger partial charge in [0.1, 0.15) is 0 Å². The molecule has 15 heavy (non-hydrogen) atoms. The molecule has 1 aliphatic heterocycles. The van der Waals surface area contributed by atoms with E-state index in [1.165, 1.54) is 0 Å². The Labute approximate surface area is 93.1 Å². The lowest BCUT2D eigenvalue weighted by molar-refractivity contribution is -0.449. The highest BCUT2D eigenvalue weighted by Gasteiger charge is 2.44. The van der Waals surface area contributed by atoms with Crippen LogP contribution in [-0.4, -0.2) is 34.4 Å². The molecule has 0 amide bonds. The van der Waals surface area contributed by atoms with Crippen LogP contribution in [0.3, 0.4) is 0 Å². The molecule has 0 aromatic carbocycles. The van der Waals surface area contributed by atoms with E-state index in [9.17, 15) is 0 Å². The van der Waals surface area contributed by atoms with Gasteiger partial charge in [0.15, 0.2) is 12.1 Å². The number of hydrogen-bond donors (Lipinski definition) is 0. The third kappa shape index (κ3) is 3.25. The van der Waals surface area contributed by atoms with E-state index >= 15 is 0 Å². The summed E-state index contributed by atoms with van der Waals surface area (Å²) in [6.45, 7) is 8.51. The summed E-state index contributed by atoms with van der Waals surface area (Å²) < 4.78 is 22.4. The van der Waals surface area contributed by atoms with Crippen molar-refractivity contribution in [3.05, 3.63) is 0 Å². The third-order valence-electron chi connectivity index (χ3n) is 2.81. The van der Waals surface area contributed by atoms with Crippen LogP contribution in [0.2, 0.25) is 12.6 Å². The van der Waals surface area contributed by atoms with E-state index in [1.807, 2.05) is 20.4 Å². The minimum Gasteiger partial charge on any atom is -0.398 e. The van der Waals surface area contributed by atoms with Crippen molar-refractivity contribution in [2.24, 2.45) is 0 Å². The Balaban J connectivity index is 2.31. The van der Waals surface area contributed by atoms with Crippen LogP contribution < -0.4 is 0 Å². The van der Waals surface area contributed by atoms with Crippen LogP contribution in [0.1, 0.15) is 27.2 Å². The minimum atomic E-state index is -1.98. The molecular weight excluding hydrogens is 212 g/mol. The molecule has 1 saturated heterocycles. The Morgan fingerprint density at radius 1 is 1.33 bits per heavy atom. The van der Waals surface area contributed by atoms with Crippen molar-refractivity contribution in [2.75, 3.05) is 13.7 Å². The number of ether oxygens (including phenoxy) is 2. The highest BCUT2D eigenvalue weighted by atomic mass is 28.4. The molecule has 0 aromatic heterocycles. The maximum Gasteiger partial charge on any atom is 0.334 e. The fourth-order valence-electron chi connectivity index (χ4n) is 1.39. The quantitative estimate of drug-likeness (QED) is 0.660. The molecule has 90 valence electrons. The van der Waals surface area contributed by atoms with Gasteiger partial charge in [-0.15, -0.1) is 0 Å². The van der Waals surface area contributed by atoms with Crippen LogP contribution >= 0.6 is 0 Å². The monoisotopic (exact) mass is 234 g/mol. The summed E-state index contributed by atoms with van der Waals surface area (Å²) in [7, 11) is -0.278. The Morgan fingerprint density at radius 2 is 1.93 bits per heavy atom. The molecule has 1 atom stereocenters. The standard InChI is InChI=1S/C10H22O4Si/c1-6-9-13-10(3,14-9)8-12-15(5,7-2)11-4/h9H,6-8H2,1-5H3. The summed E-state index contributed by atoms with van der Waals surface area (Å²) >= 11 is 0. The summed E-state index contributed by atoms with van der Waals surface area (Å²) in [6, 6.07) is 0.927. The molecule has 4 nitrogen and oxygen atoms in total. The first kappa shape index (κ1) is 13.1. The van der Waals surface area contributed by atoms with Crippen LogP contribution in [0, 0.1) is 0 Å². The molecule has 0 N–H and O–H groups in total. The van der Waals surface area contributed by atoms with E-state index in [0.29, 0.717) is 6.61 Å². The average Bonchev–Trinajstić information content (AvgIpc) is 2.22. The second kappa shape index (κ2) is 4.93. The second-order valence-electron chi connectivity index (χ2n) is 4.19. The molecule has 0 radical (unpaired) electrons. The van der Waals surface area contributed by atoms with Gasteiger partial charge >= 0.3 is 8.56 Å². The van der Waals surface area contributed by atoms with Gasteiger partial charge in [-0.25, -0.2) is 0 Å². The molecule has 0 saturated carbocycles. The molecule has 1 rings (SSSR count). The maximum atomic E-state index is 5.79. The predicted octanol–water partition coefficient (Wildman–Crippen LogP) is 2.24. The van der Waals surface area contributed by atoms with Gasteiger partial charge in [-0.3, -0.25) is 0 Å². The van der Waals surface area contributed by atoms with E-state index < -0.39 is 14.3 Å². The molecule has 1 unspecified atom stereocenters. The van der Waals surface area contributed by atoms with Crippen molar-refractivity contribution < 1.29 is 18.3 Å². The first-order valence-electron chi connectivity index (χ1n) is 5.51. The zero-order chi connectivity index (χ0) is 11.5. The van der Waals surface area contributed by atoms with Crippen molar-refractivity contribution in [2.45, 2.75) is 51.9 Å². The normalized spacial score (nSPS) is 34.6. The molecule has 1 aliphatic rings. The van der Waals surface area contributed by atoms with Gasteiger partial charge < -0.3 is 18.3 Å². The number of hydrogen-bond acceptors (Lipinski definition) is 4. The molecule has 0 aromatic rings. The third-order valence-corrected chi connectivity index (χ3v) is 5.71. The Kier molecular flexibility index (Phi) is 4.31. The Hall–Kier alpha value is 0.0569. The van der Waals surface area contributed by atoms with E-state index in [-0.39, 0.29) is 6.29 Å². The second-order valence-corrected chi connectivity index (χ2v) is 7.86.